The van der Waals surface area contributed by atoms with Crippen LogP contribution in [0.5, 0.6) is 0 Å². The van der Waals surface area contributed by atoms with E-state index in [9.17, 15) is 0 Å². The summed E-state index contributed by atoms with van der Waals surface area (Å²) < 4.78 is 2.05. The van der Waals surface area contributed by atoms with Crippen molar-refractivity contribution in [3.05, 3.63) is 18.0 Å². The zero-order valence-corrected chi connectivity index (χ0v) is 11.0. The maximum absolute atomic E-state index is 4.53. The van der Waals surface area contributed by atoms with Gasteiger partial charge in [-0.2, -0.15) is 5.10 Å². The third kappa shape index (κ3) is 4.79. The van der Waals surface area contributed by atoms with E-state index in [4.69, 9.17) is 0 Å². The Hall–Kier alpha value is -0.830. The van der Waals surface area contributed by atoms with Crippen molar-refractivity contribution in [3.8, 4) is 0 Å². The fourth-order valence-electron chi connectivity index (χ4n) is 1.57. The van der Waals surface area contributed by atoms with Gasteiger partial charge in [-0.1, -0.05) is 27.7 Å². The van der Waals surface area contributed by atoms with Gasteiger partial charge >= 0.3 is 0 Å². The highest BCUT2D eigenvalue weighted by Gasteiger charge is 2.02. The molecule has 1 rings (SSSR count). The van der Waals surface area contributed by atoms with Crippen LogP contribution in [0.25, 0.3) is 0 Å². The molecule has 0 saturated heterocycles. The molecule has 0 amide bonds. The number of rotatable bonds is 7. The van der Waals surface area contributed by atoms with Crippen molar-refractivity contribution in [2.45, 2.75) is 46.6 Å². The van der Waals surface area contributed by atoms with Gasteiger partial charge in [-0.15, -0.1) is 0 Å². The van der Waals surface area contributed by atoms with E-state index in [2.05, 4.69) is 50.4 Å². The normalized spacial score (nSPS) is 11.6. The highest BCUT2D eigenvalue weighted by molar-refractivity contribution is 5.03. The molecule has 0 aliphatic carbocycles. The molecule has 3 heteroatoms. The lowest BCUT2D eigenvalue weighted by atomic mass is 10.1. The van der Waals surface area contributed by atoms with E-state index in [-0.39, 0.29) is 0 Å². The molecule has 0 aromatic carbocycles. The summed E-state index contributed by atoms with van der Waals surface area (Å²) in [7, 11) is 0. The SMILES string of the molecule is CC(C)CNCCCn1ccc(C(C)C)n1. The smallest absolute Gasteiger partial charge is 0.0649 e. The Balaban J connectivity index is 2.17. The van der Waals surface area contributed by atoms with Crippen LogP contribution in [0.3, 0.4) is 0 Å². The average Bonchev–Trinajstić information content (AvgIpc) is 2.65. The molecule has 0 aliphatic heterocycles. The molecule has 1 N–H and O–H groups in total. The molecule has 92 valence electrons. The van der Waals surface area contributed by atoms with Crippen LogP contribution in [-0.4, -0.2) is 22.9 Å². The quantitative estimate of drug-likeness (QED) is 0.720. The molecule has 3 nitrogen and oxygen atoms in total. The number of hydrogen-bond acceptors (Lipinski definition) is 2. The van der Waals surface area contributed by atoms with E-state index in [0.717, 1.165) is 32.0 Å². The van der Waals surface area contributed by atoms with Crippen molar-refractivity contribution in [1.82, 2.24) is 15.1 Å². The predicted molar refractivity (Wildman–Crippen MR) is 68.6 cm³/mol. The molecule has 0 bridgehead atoms. The molecule has 0 fully saturated rings. The molecule has 1 aromatic heterocycles. The highest BCUT2D eigenvalue weighted by atomic mass is 15.3. The lowest BCUT2D eigenvalue weighted by Crippen LogP contribution is -2.21. The lowest BCUT2D eigenvalue weighted by molar-refractivity contribution is 0.503. The zero-order valence-electron chi connectivity index (χ0n) is 11.0. The molecule has 16 heavy (non-hydrogen) atoms. The monoisotopic (exact) mass is 223 g/mol. The number of aromatic nitrogens is 2. The van der Waals surface area contributed by atoms with E-state index >= 15 is 0 Å². The lowest BCUT2D eigenvalue weighted by Gasteiger charge is -2.07. The summed E-state index contributed by atoms with van der Waals surface area (Å²) in [5.74, 6) is 1.26. The zero-order chi connectivity index (χ0) is 12.0. The Morgan fingerprint density at radius 1 is 1.31 bits per heavy atom. The van der Waals surface area contributed by atoms with Crippen molar-refractivity contribution < 1.29 is 0 Å². The summed E-state index contributed by atoms with van der Waals surface area (Å²) in [6.45, 7) is 12.0. The predicted octanol–water partition coefficient (Wildman–Crippen LogP) is 2.64. The first-order chi connectivity index (χ1) is 7.59. The van der Waals surface area contributed by atoms with Crippen molar-refractivity contribution in [2.24, 2.45) is 5.92 Å². The third-order valence-electron chi connectivity index (χ3n) is 2.55. The average molecular weight is 223 g/mol. The molecule has 0 atom stereocenters. The van der Waals surface area contributed by atoms with Gasteiger partial charge in [0.15, 0.2) is 0 Å². The standard InChI is InChI=1S/C13H25N3/c1-11(2)10-14-7-5-8-16-9-6-13(15-16)12(3)4/h6,9,11-12,14H,5,7-8,10H2,1-4H3. The van der Waals surface area contributed by atoms with Crippen LogP contribution in [0, 0.1) is 5.92 Å². The third-order valence-corrected chi connectivity index (χ3v) is 2.55. The van der Waals surface area contributed by atoms with Crippen LogP contribution in [0.15, 0.2) is 12.3 Å². The van der Waals surface area contributed by atoms with Gasteiger partial charge in [0.05, 0.1) is 5.69 Å². The minimum Gasteiger partial charge on any atom is -0.316 e. The second-order valence-electron chi connectivity index (χ2n) is 5.11. The molecule has 0 spiro atoms. The van der Waals surface area contributed by atoms with Crippen LogP contribution in [-0.2, 0) is 6.54 Å². The van der Waals surface area contributed by atoms with Crippen molar-refractivity contribution in [1.29, 1.82) is 0 Å². The van der Waals surface area contributed by atoms with Gasteiger partial charge in [-0.25, -0.2) is 0 Å². The van der Waals surface area contributed by atoms with Crippen LogP contribution >= 0.6 is 0 Å². The van der Waals surface area contributed by atoms with Crippen molar-refractivity contribution >= 4 is 0 Å². The van der Waals surface area contributed by atoms with E-state index in [1.807, 2.05) is 4.68 Å². The first kappa shape index (κ1) is 13.2. The first-order valence-corrected chi connectivity index (χ1v) is 6.33. The molecule has 0 radical (unpaired) electrons. The molecular weight excluding hydrogens is 198 g/mol. The molecule has 0 aliphatic rings. The van der Waals surface area contributed by atoms with Gasteiger partial charge in [0.1, 0.15) is 0 Å². The topological polar surface area (TPSA) is 29.9 Å². The minimum absolute atomic E-state index is 0.528. The van der Waals surface area contributed by atoms with Crippen molar-refractivity contribution in [2.75, 3.05) is 13.1 Å². The van der Waals surface area contributed by atoms with E-state index in [0.29, 0.717) is 5.92 Å². The van der Waals surface area contributed by atoms with E-state index in [1.54, 1.807) is 0 Å². The Morgan fingerprint density at radius 3 is 2.62 bits per heavy atom. The number of nitrogens with zero attached hydrogens (tertiary/aromatic N) is 2. The highest BCUT2D eigenvalue weighted by Crippen LogP contribution is 2.10. The number of nitrogens with one attached hydrogen (secondary N) is 1. The second-order valence-corrected chi connectivity index (χ2v) is 5.11. The molecule has 0 unspecified atom stereocenters. The largest absolute Gasteiger partial charge is 0.316 e. The molecule has 1 aromatic rings. The minimum atomic E-state index is 0.528. The first-order valence-electron chi connectivity index (χ1n) is 6.33. The fraction of sp³-hybridized carbons (Fsp3) is 0.769. The summed E-state index contributed by atoms with van der Waals surface area (Å²) in [6.07, 6.45) is 3.23. The molecular formula is C13H25N3. The van der Waals surface area contributed by atoms with E-state index in [1.165, 1.54) is 5.69 Å². The Labute approximate surface area is 99.2 Å². The molecule has 0 saturated carbocycles. The van der Waals surface area contributed by atoms with Gasteiger partial charge < -0.3 is 5.32 Å². The Bertz CT molecular complexity index is 289. The van der Waals surface area contributed by atoms with Gasteiger partial charge in [0.2, 0.25) is 0 Å². The second kappa shape index (κ2) is 6.69. The number of aryl methyl sites for hydroxylation is 1. The van der Waals surface area contributed by atoms with Crippen LogP contribution in [0.2, 0.25) is 0 Å². The van der Waals surface area contributed by atoms with Gasteiger partial charge in [-0.3, -0.25) is 4.68 Å². The van der Waals surface area contributed by atoms with Crippen LogP contribution in [0.1, 0.15) is 45.7 Å². The van der Waals surface area contributed by atoms with Gasteiger partial charge in [0, 0.05) is 12.7 Å². The summed E-state index contributed by atoms with van der Waals surface area (Å²) in [4.78, 5) is 0. The summed E-state index contributed by atoms with van der Waals surface area (Å²) in [5.41, 5.74) is 1.19. The van der Waals surface area contributed by atoms with Crippen LogP contribution in [0.4, 0.5) is 0 Å². The number of hydrogen-bond donors (Lipinski definition) is 1. The van der Waals surface area contributed by atoms with Gasteiger partial charge in [-0.05, 0) is 37.4 Å². The van der Waals surface area contributed by atoms with Crippen molar-refractivity contribution in [3.63, 3.8) is 0 Å². The fourth-order valence-corrected chi connectivity index (χ4v) is 1.57. The summed E-state index contributed by atoms with van der Waals surface area (Å²) in [6, 6.07) is 2.12. The summed E-state index contributed by atoms with van der Waals surface area (Å²) >= 11 is 0. The maximum Gasteiger partial charge on any atom is 0.0649 e. The maximum atomic E-state index is 4.53. The summed E-state index contributed by atoms with van der Waals surface area (Å²) in [5, 5.41) is 7.97. The van der Waals surface area contributed by atoms with E-state index < -0.39 is 0 Å². The van der Waals surface area contributed by atoms with Crippen LogP contribution < -0.4 is 5.32 Å². The van der Waals surface area contributed by atoms with Gasteiger partial charge in [0.25, 0.3) is 0 Å². The Morgan fingerprint density at radius 2 is 2.06 bits per heavy atom. The molecule has 1 heterocycles. The Kier molecular flexibility index (Phi) is 5.53.